The average Bonchev–Trinajstić information content (AvgIpc) is 3.31. The first-order valence-electron chi connectivity index (χ1n) is 8.65. The lowest BCUT2D eigenvalue weighted by Crippen LogP contribution is -2.27. The minimum atomic E-state index is -0.295. The van der Waals surface area contributed by atoms with E-state index in [4.69, 9.17) is 13.9 Å². The highest BCUT2D eigenvalue weighted by molar-refractivity contribution is 5.93. The molecule has 0 spiro atoms. The van der Waals surface area contributed by atoms with Gasteiger partial charge in [-0.3, -0.25) is 4.79 Å². The number of ether oxygens (including phenoxy) is 2. The van der Waals surface area contributed by atoms with Crippen LogP contribution in [0.25, 0.3) is 0 Å². The quantitative estimate of drug-likeness (QED) is 0.743. The standard InChI is InChI=1S/C19H20N4O4/c1-12-3-6-15(27-12)9-20-19(24)18-16-11-26-17(10-23(16)22-21-18)13-4-7-14(25-2)8-5-13/h3-8,17H,9-11H2,1-2H3,(H,20,24). The van der Waals surface area contributed by atoms with E-state index >= 15 is 0 Å². The van der Waals surface area contributed by atoms with E-state index in [0.717, 1.165) is 17.1 Å². The molecule has 0 bridgehead atoms. The van der Waals surface area contributed by atoms with E-state index in [2.05, 4.69) is 15.6 Å². The van der Waals surface area contributed by atoms with Gasteiger partial charge < -0.3 is 19.2 Å². The number of carbonyl (C=O) groups excluding carboxylic acids is 1. The molecular formula is C19H20N4O4. The van der Waals surface area contributed by atoms with E-state index in [1.54, 1.807) is 11.8 Å². The van der Waals surface area contributed by atoms with E-state index in [1.165, 1.54) is 0 Å². The van der Waals surface area contributed by atoms with Crippen molar-refractivity contribution >= 4 is 5.91 Å². The summed E-state index contributed by atoms with van der Waals surface area (Å²) < 4.78 is 18.3. The normalized spacial score (nSPS) is 16.0. The van der Waals surface area contributed by atoms with Crippen LogP contribution in [0.3, 0.4) is 0 Å². The van der Waals surface area contributed by atoms with E-state index in [9.17, 15) is 4.79 Å². The SMILES string of the molecule is COc1ccc(C2Cn3nnc(C(=O)NCc4ccc(C)o4)c3CO2)cc1. The summed E-state index contributed by atoms with van der Waals surface area (Å²) in [5, 5.41) is 11.0. The van der Waals surface area contributed by atoms with Gasteiger partial charge in [0.1, 0.15) is 23.4 Å². The second-order valence-electron chi connectivity index (χ2n) is 6.33. The topological polar surface area (TPSA) is 91.4 Å². The number of rotatable bonds is 5. The smallest absolute Gasteiger partial charge is 0.274 e. The van der Waals surface area contributed by atoms with Crippen molar-refractivity contribution in [2.75, 3.05) is 7.11 Å². The number of hydrogen-bond donors (Lipinski definition) is 1. The van der Waals surface area contributed by atoms with Crippen molar-refractivity contribution in [3.05, 3.63) is 64.9 Å². The molecule has 0 fully saturated rings. The van der Waals surface area contributed by atoms with Crippen molar-refractivity contribution in [2.45, 2.75) is 32.7 Å². The van der Waals surface area contributed by atoms with E-state index in [1.807, 2.05) is 43.3 Å². The van der Waals surface area contributed by atoms with Crippen LogP contribution in [-0.2, 0) is 24.4 Å². The maximum atomic E-state index is 12.4. The monoisotopic (exact) mass is 368 g/mol. The van der Waals surface area contributed by atoms with Crippen molar-refractivity contribution in [1.82, 2.24) is 20.3 Å². The molecule has 1 aliphatic rings. The fourth-order valence-corrected chi connectivity index (χ4v) is 3.04. The molecular weight excluding hydrogens is 348 g/mol. The summed E-state index contributed by atoms with van der Waals surface area (Å²) in [6.45, 7) is 2.93. The molecule has 140 valence electrons. The molecule has 8 heteroatoms. The number of nitrogens with zero attached hydrogens (tertiary/aromatic N) is 3. The van der Waals surface area contributed by atoms with Gasteiger partial charge in [-0.05, 0) is 36.8 Å². The second-order valence-corrected chi connectivity index (χ2v) is 6.33. The number of aromatic nitrogens is 3. The molecule has 3 aromatic rings. The van der Waals surface area contributed by atoms with Crippen LogP contribution in [0.1, 0.15) is 39.4 Å². The Morgan fingerprint density at radius 3 is 2.81 bits per heavy atom. The predicted octanol–water partition coefficient (Wildman–Crippen LogP) is 2.39. The molecule has 8 nitrogen and oxygen atoms in total. The van der Waals surface area contributed by atoms with Crippen LogP contribution in [0.2, 0.25) is 0 Å². The summed E-state index contributed by atoms with van der Waals surface area (Å²) >= 11 is 0. The Morgan fingerprint density at radius 1 is 1.30 bits per heavy atom. The van der Waals surface area contributed by atoms with Crippen molar-refractivity contribution in [2.24, 2.45) is 0 Å². The lowest BCUT2D eigenvalue weighted by molar-refractivity contribution is -0.00179. The van der Waals surface area contributed by atoms with Crippen LogP contribution in [0.5, 0.6) is 5.75 Å². The molecule has 27 heavy (non-hydrogen) atoms. The zero-order valence-corrected chi connectivity index (χ0v) is 15.1. The number of hydrogen-bond acceptors (Lipinski definition) is 6. The number of fused-ring (bicyclic) bond motifs is 1. The lowest BCUT2D eigenvalue weighted by atomic mass is 10.1. The minimum Gasteiger partial charge on any atom is -0.497 e. The number of aryl methyl sites for hydroxylation is 1. The van der Waals surface area contributed by atoms with Crippen LogP contribution in [0, 0.1) is 6.92 Å². The Kier molecular flexibility index (Phi) is 4.64. The third kappa shape index (κ3) is 3.56. The van der Waals surface area contributed by atoms with Gasteiger partial charge in [-0.15, -0.1) is 5.10 Å². The highest BCUT2D eigenvalue weighted by Gasteiger charge is 2.27. The van der Waals surface area contributed by atoms with Crippen molar-refractivity contribution < 1.29 is 18.7 Å². The Hall–Kier alpha value is -3.13. The Labute approximate surface area is 156 Å². The lowest BCUT2D eigenvalue weighted by Gasteiger charge is -2.24. The van der Waals surface area contributed by atoms with Gasteiger partial charge in [0, 0.05) is 0 Å². The van der Waals surface area contributed by atoms with Crippen LogP contribution < -0.4 is 10.1 Å². The van der Waals surface area contributed by atoms with Gasteiger partial charge >= 0.3 is 0 Å². The number of nitrogens with one attached hydrogen (secondary N) is 1. The minimum absolute atomic E-state index is 0.146. The molecule has 1 amide bonds. The molecule has 0 radical (unpaired) electrons. The molecule has 4 rings (SSSR count). The Bertz CT molecular complexity index is 945. The molecule has 1 N–H and O–H groups in total. The van der Waals surface area contributed by atoms with Gasteiger partial charge in [0.15, 0.2) is 5.69 Å². The number of benzene rings is 1. The van der Waals surface area contributed by atoms with Crippen molar-refractivity contribution in [3.63, 3.8) is 0 Å². The fourth-order valence-electron chi connectivity index (χ4n) is 3.04. The summed E-state index contributed by atoms with van der Waals surface area (Å²) in [5.41, 5.74) is 1.98. The highest BCUT2D eigenvalue weighted by atomic mass is 16.5. The number of methoxy groups -OCH3 is 1. The van der Waals surface area contributed by atoms with Gasteiger partial charge in [0.2, 0.25) is 0 Å². The van der Waals surface area contributed by atoms with Crippen molar-refractivity contribution in [3.8, 4) is 5.75 Å². The van der Waals surface area contributed by atoms with Crippen molar-refractivity contribution in [1.29, 1.82) is 0 Å². The predicted molar refractivity (Wildman–Crippen MR) is 95.2 cm³/mol. The van der Waals surface area contributed by atoms with E-state index < -0.39 is 0 Å². The summed E-state index contributed by atoms with van der Waals surface area (Å²) in [6, 6.07) is 11.4. The zero-order chi connectivity index (χ0) is 18.8. The molecule has 2 aromatic heterocycles. The van der Waals surface area contributed by atoms with Gasteiger partial charge in [-0.1, -0.05) is 17.3 Å². The van der Waals surface area contributed by atoms with Crippen LogP contribution >= 0.6 is 0 Å². The second kappa shape index (κ2) is 7.24. The third-order valence-corrected chi connectivity index (χ3v) is 4.52. The van der Waals surface area contributed by atoms with Crippen LogP contribution in [-0.4, -0.2) is 28.0 Å². The van der Waals surface area contributed by atoms with E-state index in [0.29, 0.717) is 24.5 Å². The average molecular weight is 368 g/mol. The van der Waals surface area contributed by atoms with E-state index in [-0.39, 0.29) is 24.3 Å². The number of furan rings is 1. The largest absolute Gasteiger partial charge is 0.497 e. The summed E-state index contributed by atoms with van der Waals surface area (Å²) in [7, 11) is 1.63. The summed E-state index contributed by atoms with van der Waals surface area (Å²) in [4.78, 5) is 12.4. The first-order valence-corrected chi connectivity index (χ1v) is 8.65. The fraction of sp³-hybridized carbons (Fsp3) is 0.316. The molecule has 1 unspecified atom stereocenters. The van der Waals surface area contributed by atoms with Gasteiger partial charge in [0.25, 0.3) is 5.91 Å². The molecule has 0 saturated heterocycles. The maximum absolute atomic E-state index is 12.4. The van der Waals surface area contributed by atoms with Gasteiger partial charge in [-0.2, -0.15) is 0 Å². The van der Waals surface area contributed by atoms with Crippen LogP contribution in [0.15, 0.2) is 40.8 Å². The molecule has 1 aromatic carbocycles. The summed E-state index contributed by atoms with van der Waals surface area (Å²) in [5.74, 6) is 1.99. The first-order chi connectivity index (χ1) is 13.1. The number of amides is 1. The third-order valence-electron chi connectivity index (χ3n) is 4.52. The Balaban J connectivity index is 1.43. The molecule has 0 aliphatic carbocycles. The number of carbonyl (C=O) groups is 1. The molecule has 3 heterocycles. The zero-order valence-electron chi connectivity index (χ0n) is 15.1. The molecule has 1 aliphatic heterocycles. The molecule has 0 saturated carbocycles. The first kappa shape index (κ1) is 17.3. The Morgan fingerprint density at radius 2 is 2.11 bits per heavy atom. The molecule has 1 atom stereocenters. The van der Waals surface area contributed by atoms with Crippen LogP contribution in [0.4, 0.5) is 0 Å². The summed E-state index contributed by atoms with van der Waals surface area (Å²) in [6.07, 6.45) is -0.146. The van der Waals surface area contributed by atoms with Gasteiger partial charge in [-0.25, -0.2) is 4.68 Å². The highest BCUT2D eigenvalue weighted by Crippen LogP contribution is 2.28. The van der Waals surface area contributed by atoms with Gasteiger partial charge in [0.05, 0.1) is 32.5 Å². The maximum Gasteiger partial charge on any atom is 0.274 e.